The first kappa shape index (κ1) is 20.9. The number of benzene rings is 3. The van der Waals surface area contributed by atoms with Gasteiger partial charge in [-0.1, -0.05) is 60.2 Å². The van der Waals surface area contributed by atoms with Crippen molar-refractivity contribution in [3.8, 4) is 0 Å². The van der Waals surface area contributed by atoms with Gasteiger partial charge in [0.2, 0.25) is 5.91 Å². The second kappa shape index (κ2) is 8.40. The van der Waals surface area contributed by atoms with Crippen LogP contribution in [0.15, 0.2) is 59.5 Å². The van der Waals surface area contributed by atoms with Gasteiger partial charge in [-0.2, -0.15) is 0 Å². The minimum Gasteiger partial charge on any atom is -0.324 e. The summed E-state index contributed by atoms with van der Waals surface area (Å²) in [5.74, 6) is -0.848. The molecule has 1 heterocycles. The molecule has 0 radical (unpaired) electrons. The number of aryl methyl sites for hydroxylation is 3. The maximum Gasteiger partial charge on any atom is 0.294 e. The first-order chi connectivity index (χ1) is 14.8. The normalized spacial score (nSPS) is 15.2. The molecular weight excluding hydrogens is 408 g/mol. The van der Waals surface area contributed by atoms with Gasteiger partial charge in [0.05, 0.1) is 4.91 Å². The summed E-state index contributed by atoms with van der Waals surface area (Å²) >= 11 is 0.860. The average molecular weight is 431 g/mol. The van der Waals surface area contributed by atoms with Crippen LogP contribution in [0.3, 0.4) is 0 Å². The third-order valence-corrected chi connectivity index (χ3v) is 6.13. The molecule has 3 amide bonds. The zero-order valence-electron chi connectivity index (χ0n) is 17.6. The monoisotopic (exact) mass is 430 g/mol. The van der Waals surface area contributed by atoms with E-state index in [1.807, 2.05) is 75.4 Å². The molecule has 0 atom stereocenters. The van der Waals surface area contributed by atoms with Crippen molar-refractivity contribution in [3.05, 3.63) is 81.8 Å². The van der Waals surface area contributed by atoms with Gasteiger partial charge in [-0.25, -0.2) is 0 Å². The Morgan fingerprint density at radius 3 is 2.42 bits per heavy atom. The first-order valence-electron chi connectivity index (χ1n) is 9.94. The minimum atomic E-state index is -0.449. The van der Waals surface area contributed by atoms with Crippen molar-refractivity contribution in [2.45, 2.75) is 20.8 Å². The highest BCUT2D eigenvalue weighted by Crippen LogP contribution is 2.33. The predicted octanol–water partition coefficient (Wildman–Crippen LogP) is 5.44. The molecule has 0 saturated carbocycles. The van der Waals surface area contributed by atoms with E-state index in [-0.39, 0.29) is 6.54 Å². The Balaban J connectivity index is 1.53. The number of hydrogen-bond acceptors (Lipinski definition) is 4. The van der Waals surface area contributed by atoms with Gasteiger partial charge in [-0.05, 0) is 66.1 Å². The largest absolute Gasteiger partial charge is 0.324 e. The van der Waals surface area contributed by atoms with Crippen molar-refractivity contribution in [1.29, 1.82) is 0 Å². The number of imide groups is 1. The topological polar surface area (TPSA) is 66.5 Å². The second-order valence-corrected chi connectivity index (χ2v) is 8.65. The molecule has 1 fully saturated rings. The summed E-state index contributed by atoms with van der Waals surface area (Å²) in [4.78, 5) is 39.2. The van der Waals surface area contributed by atoms with Crippen LogP contribution in [0.4, 0.5) is 10.5 Å². The van der Waals surface area contributed by atoms with Gasteiger partial charge < -0.3 is 5.32 Å². The number of carbonyl (C=O) groups is 3. The summed E-state index contributed by atoms with van der Waals surface area (Å²) in [5.41, 5.74) is 4.57. The molecule has 0 unspecified atom stereocenters. The highest BCUT2D eigenvalue weighted by molar-refractivity contribution is 8.18. The molecule has 5 nitrogen and oxygen atoms in total. The van der Waals surface area contributed by atoms with E-state index in [1.54, 1.807) is 6.08 Å². The number of carbonyl (C=O) groups excluding carboxylic acids is 3. The van der Waals surface area contributed by atoms with Crippen molar-refractivity contribution in [1.82, 2.24) is 4.90 Å². The molecule has 3 aromatic rings. The van der Waals surface area contributed by atoms with Crippen LogP contribution in [-0.2, 0) is 9.59 Å². The number of nitrogens with zero attached hydrogens (tertiary/aromatic N) is 1. The van der Waals surface area contributed by atoms with Crippen LogP contribution in [0.25, 0.3) is 16.8 Å². The molecule has 1 saturated heterocycles. The Bertz CT molecular complexity index is 1230. The van der Waals surface area contributed by atoms with Gasteiger partial charge in [-0.3, -0.25) is 19.3 Å². The Morgan fingerprint density at radius 2 is 1.68 bits per heavy atom. The fraction of sp³-hybridized carbons (Fsp3) is 0.160. The van der Waals surface area contributed by atoms with E-state index in [0.717, 1.165) is 49.7 Å². The summed E-state index contributed by atoms with van der Waals surface area (Å²) in [6.45, 7) is 5.52. The predicted molar refractivity (Wildman–Crippen MR) is 126 cm³/mol. The quantitative estimate of drug-likeness (QED) is 0.560. The Labute approximate surface area is 185 Å². The Kier molecular flexibility index (Phi) is 5.65. The Hall–Kier alpha value is -3.38. The first-order valence-corrected chi connectivity index (χ1v) is 10.8. The van der Waals surface area contributed by atoms with Crippen molar-refractivity contribution < 1.29 is 14.4 Å². The molecule has 4 rings (SSSR count). The zero-order chi connectivity index (χ0) is 22.1. The third-order valence-electron chi connectivity index (χ3n) is 5.23. The van der Waals surface area contributed by atoms with Crippen molar-refractivity contribution in [3.63, 3.8) is 0 Å². The number of hydrogen-bond donors (Lipinski definition) is 1. The molecule has 3 aromatic carbocycles. The van der Waals surface area contributed by atoms with Crippen LogP contribution in [0.1, 0.15) is 22.3 Å². The highest BCUT2D eigenvalue weighted by Gasteiger charge is 2.36. The van der Waals surface area contributed by atoms with Gasteiger partial charge in [-0.15, -0.1) is 0 Å². The van der Waals surface area contributed by atoms with E-state index < -0.39 is 17.1 Å². The summed E-state index contributed by atoms with van der Waals surface area (Å²) in [6.07, 6.45) is 1.72. The fourth-order valence-corrected chi connectivity index (χ4v) is 4.68. The molecule has 0 aliphatic carbocycles. The maximum absolute atomic E-state index is 12.9. The number of rotatable bonds is 4. The number of anilines is 1. The Morgan fingerprint density at radius 1 is 1.00 bits per heavy atom. The van der Waals surface area contributed by atoms with Crippen LogP contribution in [-0.4, -0.2) is 28.5 Å². The minimum absolute atomic E-state index is 0.315. The number of thioether (sulfide) groups is 1. The van der Waals surface area contributed by atoms with E-state index in [2.05, 4.69) is 5.32 Å². The second-order valence-electron chi connectivity index (χ2n) is 7.66. The lowest BCUT2D eigenvalue weighted by molar-refractivity contribution is -0.127. The summed E-state index contributed by atoms with van der Waals surface area (Å²) in [7, 11) is 0. The summed E-state index contributed by atoms with van der Waals surface area (Å²) in [6, 6.07) is 17.6. The lowest BCUT2D eigenvalue weighted by atomic mass is 10.0. The van der Waals surface area contributed by atoms with Gasteiger partial charge in [0.25, 0.3) is 11.1 Å². The molecule has 0 bridgehead atoms. The number of nitrogens with one attached hydrogen (secondary N) is 1. The average Bonchev–Trinajstić information content (AvgIpc) is 2.98. The van der Waals surface area contributed by atoms with Crippen LogP contribution in [0, 0.1) is 20.8 Å². The van der Waals surface area contributed by atoms with Crippen molar-refractivity contribution in [2.75, 3.05) is 11.9 Å². The van der Waals surface area contributed by atoms with Gasteiger partial charge >= 0.3 is 0 Å². The molecule has 1 N–H and O–H groups in total. The molecular formula is C25H22N2O3S. The van der Waals surface area contributed by atoms with Gasteiger partial charge in [0.1, 0.15) is 6.54 Å². The fourth-order valence-electron chi connectivity index (χ4n) is 3.85. The third kappa shape index (κ3) is 4.25. The molecule has 156 valence electrons. The molecule has 31 heavy (non-hydrogen) atoms. The summed E-state index contributed by atoms with van der Waals surface area (Å²) in [5, 5.41) is 4.46. The molecule has 0 spiro atoms. The SMILES string of the molecule is Cc1cc(C)c(NC(=O)CN2C(=O)S/C(=C/c3cccc4ccccc34)C2=O)c(C)c1. The smallest absolute Gasteiger partial charge is 0.294 e. The van der Waals surface area contributed by atoms with Crippen LogP contribution >= 0.6 is 11.8 Å². The van der Waals surface area contributed by atoms with Gasteiger partial charge in [0.15, 0.2) is 0 Å². The van der Waals surface area contributed by atoms with Crippen LogP contribution < -0.4 is 5.32 Å². The van der Waals surface area contributed by atoms with E-state index in [4.69, 9.17) is 0 Å². The van der Waals surface area contributed by atoms with Gasteiger partial charge in [0, 0.05) is 5.69 Å². The number of fused-ring (bicyclic) bond motifs is 1. The van der Waals surface area contributed by atoms with Crippen LogP contribution in [0.5, 0.6) is 0 Å². The van der Waals surface area contributed by atoms with E-state index in [9.17, 15) is 14.4 Å². The van der Waals surface area contributed by atoms with Crippen molar-refractivity contribution in [2.24, 2.45) is 0 Å². The standard InChI is InChI=1S/C25H22N2O3S/c1-15-11-16(2)23(17(3)12-15)26-22(28)14-27-24(29)21(31-25(27)30)13-19-9-6-8-18-7-4-5-10-20(18)19/h4-13H,14H2,1-3H3,(H,26,28)/b21-13+. The lowest BCUT2D eigenvalue weighted by Gasteiger charge is -2.15. The van der Waals surface area contributed by atoms with E-state index in [0.29, 0.717) is 10.6 Å². The van der Waals surface area contributed by atoms with E-state index >= 15 is 0 Å². The molecule has 1 aliphatic rings. The highest BCUT2D eigenvalue weighted by atomic mass is 32.2. The number of amides is 3. The molecule has 1 aliphatic heterocycles. The molecule has 0 aromatic heterocycles. The lowest BCUT2D eigenvalue weighted by Crippen LogP contribution is -2.36. The van der Waals surface area contributed by atoms with Crippen LogP contribution in [0.2, 0.25) is 0 Å². The zero-order valence-corrected chi connectivity index (χ0v) is 18.4. The van der Waals surface area contributed by atoms with E-state index in [1.165, 1.54) is 0 Å². The van der Waals surface area contributed by atoms with Crippen molar-refractivity contribution >= 4 is 51.4 Å². The summed E-state index contributed by atoms with van der Waals surface area (Å²) < 4.78 is 0. The molecule has 6 heteroatoms. The maximum atomic E-state index is 12.9.